The number of aliphatic hydroxyl groups excluding tert-OH is 1. The van der Waals surface area contributed by atoms with Gasteiger partial charge in [-0.1, -0.05) is 41.4 Å². The Kier molecular flexibility index (Phi) is 5.75. The van der Waals surface area contributed by atoms with Crippen LogP contribution in [0.2, 0.25) is 5.02 Å². The molecule has 0 aliphatic heterocycles. The summed E-state index contributed by atoms with van der Waals surface area (Å²) in [6.07, 6.45) is 0.789. The fraction of sp³-hybridized carbons (Fsp3) is 0.250. The Bertz CT molecular complexity index is 632. The van der Waals surface area contributed by atoms with Gasteiger partial charge in [-0.3, -0.25) is 4.98 Å². The highest BCUT2D eigenvalue weighted by Gasteiger charge is 2.09. The molecule has 0 saturated carbocycles. The first-order valence-corrected chi connectivity index (χ1v) is 7.29. The van der Waals surface area contributed by atoms with Gasteiger partial charge in [0.1, 0.15) is 0 Å². The van der Waals surface area contributed by atoms with Crippen molar-refractivity contribution in [2.75, 3.05) is 6.54 Å². The predicted octanol–water partition coefficient (Wildman–Crippen LogP) is 2.58. The second-order valence-corrected chi connectivity index (χ2v) is 5.40. The van der Waals surface area contributed by atoms with Crippen LogP contribution < -0.4 is 10.6 Å². The van der Waals surface area contributed by atoms with Crippen molar-refractivity contribution in [1.82, 2.24) is 15.6 Å². The third-order valence-electron chi connectivity index (χ3n) is 3.10. The molecule has 116 valence electrons. The molecule has 1 atom stereocenters. The lowest BCUT2D eigenvalue weighted by atomic mass is 10.1. The average Bonchev–Trinajstić information content (AvgIpc) is 2.52. The Balaban J connectivity index is 1.76. The summed E-state index contributed by atoms with van der Waals surface area (Å²) in [4.78, 5) is 15.8. The van der Waals surface area contributed by atoms with Crippen LogP contribution in [0.5, 0.6) is 0 Å². The van der Waals surface area contributed by atoms with Gasteiger partial charge in [-0.25, -0.2) is 4.79 Å². The van der Waals surface area contributed by atoms with Gasteiger partial charge in [0.15, 0.2) is 0 Å². The Labute approximate surface area is 134 Å². The van der Waals surface area contributed by atoms with E-state index in [1.165, 1.54) is 6.20 Å². The Hall–Kier alpha value is -2.11. The van der Waals surface area contributed by atoms with Gasteiger partial charge in [0, 0.05) is 12.7 Å². The molecule has 1 aromatic carbocycles. The first-order chi connectivity index (χ1) is 10.5. The quantitative estimate of drug-likeness (QED) is 0.793. The van der Waals surface area contributed by atoms with Crippen LogP contribution in [-0.4, -0.2) is 22.7 Å². The second-order valence-electron chi connectivity index (χ2n) is 4.96. The van der Waals surface area contributed by atoms with Crippen LogP contribution in [0.4, 0.5) is 4.79 Å². The molecule has 0 fully saturated rings. The molecule has 3 N–H and O–H groups in total. The number of carbonyl (C=O) groups excluding carboxylic acids is 1. The Morgan fingerprint density at radius 2 is 2.14 bits per heavy atom. The highest BCUT2D eigenvalue weighted by Crippen LogP contribution is 2.13. The summed E-state index contributed by atoms with van der Waals surface area (Å²) in [5.41, 5.74) is 2.55. The number of rotatable bonds is 5. The van der Waals surface area contributed by atoms with Gasteiger partial charge < -0.3 is 15.7 Å². The number of halogens is 1. The van der Waals surface area contributed by atoms with E-state index in [0.717, 1.165) is 11.1 Å². The summed E-state index contributed by atoms with van der Waals surface area (Å²) >= 11 is 5.74. The number of amides is 2. The standard InChI is InChI=1S/C16H18ClN3O2/c1-11-3-2-4-12(7-11)15(21)10-20-16(22)19-9-14-6-5-13(17)8-18-14/h2-8,15,21H,9-10H2,1H3,(H2,19,20,22). The van der Waals surface area contributed by atoms with E-state index in [0.29, 0.717) is 17.3 Å². The van der Waals surface area contributed by atoms with E-state index in [1.54, 1.807) is 12.1 Å². The number of nitrogens with zero attached hydrogens (tertiary/aromatic N) is 1. The predicted molar refractivity (Wildman–Crippen MR) is 85.6 cm³/mol. The minimum Gasteiger partial charge on any atom is -0.387 e. The van der Waals surface area contributed by atoms with E-state index in [1.807, 2.05) is 31.2 Å². The summed E-state index contributed by atoms with van der Waals surface area (Å²) in [7, 11) is 0. The van der Waals surface area contributed by atoms with Crippen LogP contribution in [0.3, 0.4) is 0 Å². The Morgan fingerprint density at radius 1 is 1.32 bits per heavy atom. The molecular weight excluding hydrogens is 302 g/mol. The molecule has 0 radical (unpaired) electrons. The van der Waals surface area contributed by atoms with Gasteiger partial charge in [0.2, 0.25) is 0 Å². The summed E-state index contributed by atoms with van der Waals surface area (Å²) in [6, 6.07) is 10.6. The number of benzene rings is 1. The van der Waals surface area contributed by atoms with E-state index in [-0.39, 0.29) is 12.6 Å². The van der Waals surface area contributed by atoms with E-state index in [9.17, 15) is 9.90 Å². The lowest BCUT2D eigenvalue weighted by Crippen LogP contribution is -2.37. The van der Waals surface area contributed by atoms with Crippen LogP contribution in [0.1, 0.15) is 22.9 Å². The maximum atomic E-state index is 11.7. The molecule has 0 aliphatic rings. The third-order valence-corrected chi connectivity index (χ3v) is 3.33. The maximum Gasteiger partial charge on any atom is 0.315 e. The molecule has 1 heterocycles. The molecule has 0 spiro atoms. The number of hydrogen-bond acceptors (Lipinski definition) is 3. The van der Waals surface area contributed by atoms with Crippen molar-refractivity contribution in [1.29, 1.82) is 0 Å². The molecule has 22 heavy (non-hydrogen) atoms. The topological polar surface area (TPSA) is 74.2 Å². The zero-order valence-electron chi connectivity index (χ0n) is 12.2. The smallest absolute Gasteiger partial charge is 0.315 e. The SMILES string of the molecule is Cc1cccc(C(O)CNC(=O)NCc2ccc(Cl)cn2)c1. The van der Waals surface area contributed by atoms with E-state index in [4.69, 9.17) is 11.6 Å². The lowest BCUT2D eigenvalue weighted by Gasteiger charge is -2.13. The van der Waals surface area contributed by atoms with Gasteiger partial charge >= 0.3 is 6.03 Å². The van der Waals surface area contributed by atoms with Crippen molar-refractivity contribution in [2.24, 2.45) is 0 Å². The fourth-order valence-corrected chi connectivity index (χ4v) is 2.04. The van der Waals surface area contributed by atoms with Crippen LogP contribution in [-0.2, 0) is 6.54 Å². The van der Waals surface area contributed by atoms with Gasteiger partial charge in [0.05, 0.1) is 23.4 Å². The Morgan fingerprint density at radius 3 is 2.82 bits per heavy atom. The normalized spacial score (nSPS) is 11.8. The van der Waals surface area contributed by atoms with Gasteiger partial charge in [-0.2, -0.15) is 0 Å². The summed E-state index contributed by atoms with van der Waals surface area (Å²) in [6.45, 7) is 2.39. The number of nitrogens with one attached hydrogen (secondary N) is 2. The van der Waals surface area contributed by atoms with Crippen molar-refractivity contribution in [3.63, 3.8) is 0 Å². The molecule has 0 saturated heterocycles. The van der Waals surface area contributed by atoms with Crippen LogP contribution >= 0.6 is 11.6 Å². The van der Waals surface area contributed by atoms with E-state index in [2.05, 4.69) is 15.6 Å². The maximum absolute atomic E-state index is 11.7. The van der Waals surface area contributed by atoms with Gasteiger partial charge in [0.25, 0.3) is 0 Å². The molecule has 5 nitrogen and oxygen atoms in total. The molecule has 6 heteroatoms. The largest absolute Gasteiger partial charge is 0.387 e. The summed E-state index contributed by atoms with van der Waals surface area (Å²) < 4.78 is 0. The number of aryl methyl sites for hydroxylation is 1. The monoisotopic (exact) mass is 319 g/mol. The number of aliphatic hydroxyl groups is 1. The zero-order valence-corrected chi connectivity index (χ0v) is 13.0. The lowest BCUT2D eigenvalue weighted by molar-refractivity contribution is 0.173. The minimum absolute atomic E-state index is 0.142. The number of aromatic nitrogens is 1. The van der Waals surface area contributed by atoms with Crippen molar-refractivity contribution in [3.8, 4) is 0 Å². The molecular formula is C16H18ClN3O2. The number of pyridine rings is 1. The third kappa shape index (κ3) is 5.02. The number of carbonyl (C=O) groups is 1. The first kappa shape index (κ1) is 16.3. The average molecular weight is 320 g/mol. The van der Waals surface area contributed by atoms with Crippen LogP contribution in [0.15, 0.2) is 42.6 Å². The molecule has 2 amide bonds. The highest BCUT2D eigenvalue weighted by atomic mass is 35.5. The van der Waals surface area contributed by atoms with Crippen molar-refractivity contribution < 1.29 is 9.90 Å². The molecule has 1 aromatic heterocycles. The first-order valence-electron chi connectivity index (χ1n) is 6.91. The zero-order chi connectivity index (χ0) is 15.9. The van der Waals surface area contributed by atoms with E-state index >= 15 is 0 Å². The van der Waals surface area contributed by atoms with Crippen molar-refractivity contribution in [2.45, 2.75) is 19.6 Å². The molecule has 2 aromatic rings. The fourth-order valence-electron chi connectivity index (χ4n) is 1.93. The number of hydrogen-bond donors (Lipinski definition) is 3. The molecule has 0 bridgehead atoms. The summed E-state index contributed by atoms with van der Waals surface area (Å²) in [5.74, 6) is 0. The van der Waals surface area contributed by atoms with Crippen molar-refractivity contribution in [3.05, 3.63) is 64.4 Å². The van der Waals surface area contributed by atoms with Crippen LogP contribution in [0, 0.1) is 6.92 Å². The highest BCUT2D eigenvalue weighted by molar-refractivity contribution is 6.30. The van der Waals surface area contributed by atoms with E-state index < -0.39 is 6.10 Å². The summed E-state index contributed by atoms with van der Waals surface area (Å²) in [5, 5.41) is 15.9. The van der Waals surface area contributed by atoms with Crippen LogP contribution in [0.25, 0.3) is 0 Å². The molecule has 2 rings (SSSR count). The molecule has 0 aliphatic carbocycles. The second kappa shape index (κ2) is 7.77. The molecule has 1 unspecified atom stereocenters. The van der Waals surface area contributed by atoms with Crippen molar-refractivity contribution >= 4 is 17.6 Å². The number of urea groups is 1. The van der Waals surface area contributed by atoms with Gasteiger partial charge in [-0.15, -0.1) is 0 Å². The minimum atomic E-state index is -0.737. The van der Waals surface area contributed by atoms with Gasteiger partial charge in [-0.05, 0) is 24.6 Å².